The molecule has 0 N–H and O–H groups in total. The number of rotatable bonds is 5. The monoisotopic (exact) mass is 199 g/mol. The highest BCUT2D eigenvalue weighted by Gasteiger charge is 2.36. The predicted molar refractivity (Wildman–Crippen MR) is 49.4 cm³/mol. The molecule has 0 saturated carbocycles. The molecule has 0 saturated heterocycles. The molecule has 0 heterocycles. The van der Waals surface area contributed by atoms with Gasteiger partial charge in [0.2, 0.25) is 0 Å². The van der Waals surface area contributed by atoms with E-state index in [2.05, 4.69) is 10.0 Å². The minimum absolute atomic E-state index is 0.219. The Kier molecular flexibility index (Phi) is 4.66. The SMILES string of the molecule is CCOC(=O)C(C)(C)C(=O)CN=[N+]=[N-]. The molecule has 0 aliphatic rings. The van der Waals surface area contributed by atoms with E-state index in [9.17, 15) is 9.59 Å². The van der Waals surface area contributed by atoms with Gasteiger partial charge in [-0.1, -0.05) is 5.11 Å². The van der Waals surface area contributed by atoms with Crippen LogP contribution in [0, 0.1) is 5.41 Å². The average molecular weight is 199 g/mol. The van der Waals surface area contributed by atoms with Crippen molar-refractivity contribution in [2.45, 2.75) is 20.8 Å². The first-order chi connectivity index (χ1) is 6.46. The summed E-state index contributed by atoms with van der Waals surface area (Å²) in [6.45, 7) is 4.44. The van der Waals surface area contributed by atoms with Crippen molar-refractivity contribution in [1.29, 1.82) is 0 Å². The standard InChI is InChI=1S/C8H13N3O3/c1-4-14-7(13)8(2,3)6(12)5-10-11-9/h4-5H2,1-3H3. The van der Waals surface area contributed by atoms with Crippen LogP contribution in [0.3, 0.4) is 0 Å². The fourth-order valence-corrected chi connectivity index (χ4v) is 0.719. The van der Waals surface area contributed by atoms with Crippen molar-refractivity contribution in [2.24, 2.45) is 10.5 Å². The number of hydrogen-bond acceptors (Lipinski definition) is 4. The second-order valence-corrected chi connectivity index (χ2v) is 3.16. The van der Waals surface area contributed by atoms with Gasteiger partial charge in [-0.3, -0.25) is 9.59 Å². The van der Waals surface area contributed by atoms with Gasteiger partial charge in [0.25, 0.3) is 0 Å². The van der Waals surface area contributed by atoms with Gasteiger partial charge in [0, 0.05) is 4.91 Å². The van der Waals surface area contributed by atoms with Crippen LogP contribution in [0.1, 0.15) is 20.8 Å². The van der Waals surface area contributed by atoms with Crippen molar-refractivity contribution < 1.29 is 14.3 Å². The Labute approximate surface area is 81.9 Å². The molecule has 0 radical (unpaired) electrons. The Bertz CT molecular complexity index is 280. The lowest BCUT2D eigenvalue weighted by Crippen LogP contribution is -2.36. The second kappa shape index (κ2) is 5.24. The molecule has 6 heteroatoms. The third-order valence-electron chi connectivity index (χ3n) is 1.76. The van der Waals surface area contributed by atoms with Crippen molar-refractivity contribution in [3.05, 3.63) is 10.4 Å². The van der Waals surface area contributed by atoms with Crippen molar-refractivity contribution >= 4 is 11.8 Å². The predicted octanol–water partition coefficient (Wildman–Crippen LogP) is 1.46. The van der Waals surface area contributed by atoms with E-state index in [1.54, 1.807) is 6.92 Å². The summed E-state index contributed by atoms with van der Waals surface area (Å²) in [7, 11) is 0. The molecule has 0 rings (SSSR count). The molecule has 0 aromatic rings. The normalized spacial score (nSPS) is 10.2. The summed E-state index contributed by atoms with van der Waals surface area (Å²) < 4.78 is 4.71. The van der Waals surface area contributed by atoms with E-state index >= 15 is 0 Å². The molecule has 0 fully saturated rings. The van der Waals surface area contributed by atoms with Crippen molar-refractivity contribution in [1.82, 2.24) is 0 Å². The molecule has 0 amide bonds. The Hall–Kier alpha value is -1.55. The van der Waals surface area contributed by atoms with Gasteiger partial charge in [0.15, 0.2) is 5.78 Å². The number of azide groups is 1. The van der Waals surface area contributed by atoms with E-state index in [1.165, 1.54) is 13.8 Å². The van der Waals surface area contributed by atoms with Crippen molar-refractivity contribution in [3.63, 3.8) is 0 Å². The molecule has 0 aromatic heterocycles. The molecular weight excluding hydrogens is 186 g/mol. The third kappa shape index (κ3) is 3.06. The summed E-state index contributed by atoms with van der Waals surface area (Å²) in [4.78, 5) is 25.1. The number of carbonyl (C=O) groups excluding carboxylic acids is 2. The number of ether oxygens (including phenoxy) is 1. The number of ketones is 1. The molecule has 0 aliphatic heterocycles. The van der Waals surface area contributed by atoms with E-state index in [-0.39, 0.29) is 13.2 Å². The number of esters is 1. The number of nitrogens with zero attached hydrogens (tertiary/aromatic N) is 3. The topological polar surface area (TPSA) is 92.1 Å². The number of carbonyl (C=O) groups is 2. The molecule has 0 aromatic carbocycles. The van der Waals surface area contributed by atoms with Gasteiger partial charge < -0.3 is 4.74 Å². The van der Waals surface area contributed by atoms with Crippen LogP contribution in [0.4, 0.5) is 0 Å². The van der Waals surface area contributed by atoms with Crippen LogP contribution < -0.4 is 0 Å². The van der Waals surface area contributed by atoms with E-state index < -0.39 is 17.2 Å². The first-order valence-electron chi connectivity index (χ1n) is 4.18. The summed E-state index contributed by atoms with van der Waals surface area (Å²) in [5.41, 5.74) is 6.77. The molecule has 0 unspecified atom stereocenters. The van der Waals surface area contributed by atoms with Gasteiger partial charge in [-0.2, -0.15) is 0 Å². The van der Waals surface area contributed by atoms with Crippen LogP contribution in [0.2, 0.25) is 0 Å². The zero-order chi connectivity index (χ0) is 11.2. The molecular formula is C8H13N3O3. The fraction of sp³-hybridized carbons (Fsp3) is 0.750. The van der Waals surface area contributed by atoms with E-state index in [0.717, 1.165) is 0 Å². The maximum Gasteiger partial charge on any atom is 0.319 e. The quantitative estimate of drug-likeness (QED) is 0.220. The molecule has 0 spiro atoms. The molecule has 0 bridgehead atoms. The maximum atomic E-state index is 11.4. The van der Waals surface area contributed by atoms with Gasteiger partial charge in [0.05, 0.1) is 13.2 Å². The smallest absolute Gasteiger partial charge is 0.319 e. The molecule has 6 nitrogen and oxygen atoms in total. The highest BCUT2D eigenvalue weighted by Crippen LogP contribution is 2.18. The summed E-state index contributed by atoms with van der Waals surface area (Å²) >= 11 is 0. The zero-order valence-electron chi connectivity index (χ0n) is 8.48. The largest absolute Gasteiger partial charge is 0.465 e. The number of hydrogen-bond donors (Lipinski definition) is 0. The summed E-state index contributed by atoms with van der Waals surface area (Å²) in [6.07, 6.45) is 0. The Morgan fingerprint density at radius 1 is 1.50 bits per heavy atom. The summed E-state index contributed by atoms with van der Waals surface area (Å²) in [5.74, 6) is -1.05. The Morgan fingerprint density at radius 2 is 2.07 bits per heavy atom. The lowest BCUT2D eigenvalue weighted by Gasteiger charge is -2.19. The van der Waals surface area contributed by atoms with Crippen LogP contribution in [-0.4, -0.2) is 24.9 Å². The van der Waals surface area contributed by atoms with Gasteiger partial charge >= 0.3 is 5.97 Å². The Morgan fingerprint density at radius 3 is 2.50 bits per heavy atom. The molecule has 14 heavy (non-hydrogen) atoms. The van der Waals surface area contributed by atoms with Crippen LogP contribution in [-0.2, 0) is 14.3 Å². The molecule has 78 valence electrons. The minimum atomic E-state index is -1.25. The van der Waals surface area contributed by atoms with E-state index in [4.69, 9.17) is 10.3 Å². The Balaban J connectivity index is 4.50. The van der Waals surface area contributed by atoms with Gasteiger partial charge in [-0.05, 0) is 26.3 Å². The van der Waals surface area contributed by atoms with Crippen LogP contribution in [0.25, 0.3) is 10.4 Å². The first kappa shape index (κ1) is 12.4. The average Bonchev–Trinajstić information content (AvgIpc) is 2.14. The second-order valence-electron chi connectivity index (χ2n) is 3.16. The third-order valence-corrected chi connectivity index (χ3v) is 1.76. The van der Waals surface area contributed by atoms with E-state index in [1.807, 2.05) is 0 Å². The van der Waals surface area contributed by atoms with Gasteiger partial charge in [-0.15, -0.1) is 0 Å². The maximum absolute atomic E-state index is 11.4. The lowest BCUT2D eigenvalue weighted by molar-refractivity contribution is -0.157. The lowest BCUT2D eigenvalue weighted by atomic mass is 9.88. The first-order valence-corrected chi connectivity index (χ1v) is 4.18. The zero-order valence-corrected chi connectivity index (χ0v) is 8.48. The van der Waals surface area contributed by atoms with Crippen molar-refractivity contribution in [2.75, 3.05) is 13.2 Å². The van der Waals surface area contributed by atoms with E-state index in [0.29, 0.717) is 0 Å². The molecule has 0 aliphatic carbocycles. The fourth-order valence-electron chi connectivity index (χ4n) is 0.719. The number of Topliss-reactive ketones (excluding diaryl/α,β-unsaturated/α-hetero) is 1. The summed E-state index contributed by atoms with van der Waals surface area (Å²) in [6, 6.07) is 0. The van der Waals surface area contributed by atoms with Crippen LogP contribution >= 0.6 is 0 Å². The van der Waals surface area contributed by atoms with Crippen molar-refractivity contribution in [3.8, 4) is 0 Å². The van der Waals surface area contributed by atoms with Gasteiger partial charge in [-0.25, -0.2) is 0 Å². The molecule has 0 atom stereocenters. The highest BCUT2D eigenvalue weighted by atomic mass is 16.5. The van der Waals surface area contributed by atoms with Crippen LogP contribution in [0.15, 0.2) is 5.11 Å². The van der Waals surface area contributed by atoms with Gasteiger partial charge in [0.1, 0.15) is 5.41 Å². The summed E-state index contributed by atoms with van der Waals surface area (Å²) in [5, 5.41) is 3.10. The minimum Gasteiger partial charge on any atom is -0.465 e. The van der Waals surface area contributed by atoms with Crippen LogP contribution in [0.5, 0.6) is 0 Å². The highest BCUT2D eigenvalue weighted by molar-refractivity contribution is 6.03.